The molecule has 3 rings (SSSR count). The van der Waals surface area contributed by atoms with Gasteiger partial charge in [0.25, 0.3) is 0 Å². The first-order chi connectivity index (χ1) is 7.88. The zero-order chi connectivity index (χ0) is 10.8. The van der Waals surface area contributed by atoms with E-state index in [0.29, 0.717) is 0 Å². The monoisotopic (exact) mass is 214 g/mol. The minimum absolute atomic E-state index is 0.749. The van der Waals surface area contributed by atoms with Crippen LogP contribution in [0.4, 0.5) is 0 Å². The Balaban J connectivity index is 1.73. The van der Waals surface area contributed by atoms with Gasteiger partial charge in [0.05, 0.1) is 0 Å². The third-order valence-electron chi connectivity index (χ3n) is 4.89. The minimum atomic E-state index is 0.749. The highest BCUT2D eigenvalue weighted by Crippen LogP contribution is 2.54. The molecule has 0 radical (unpaired) electrons. The summed E-state index contributed by atoms with van der Waals surface area (Å²) < 4.78 is 0. The summed E-state index contributed by atoms with van der Waals surface area (Å²) in [5.41, 5.74) is 2.34. The van der Waals surface area contributed by atoms with E-state index in [1.807, 2.05) is 0 Å². The molecule has 1 atom stereocenters. The van der Waals surface area contributed by atoms with Crippen LogP contribution in [0.3, 0.4) is 0 Å². The lowest BCUT2D eigenvalue weighted by Gasteiger charge is -2.33. The average Bonchev–Trinajstić information content (AvgIpc) is 2.75. The fourth-order valence-corrected chi connectivity index (χ4v) is 3.97. The Morgan fingerprint density at radius 1 is 0.875 bits per heavy atom. The zero-order valence-corrected chi connectivity index (χ0v) is 10.1. The molecule has 0 nitrogen and oxygen atoms in total. The maximum absolute atomic E-state index is 2.33. The van der Waals surface area contributed by atoms with Gasteiger partial charge in [-0.05, 0) is 49.0 Å². The molecule has 1 unspecified atom stereocenters. The van der Waals surface area contributed by atoms with Crippen LogP contribution in [0.25, 0.3) is 0 Å². The number of rotatable bonds is 1. The first-order valence-corrected chi connectivity index (χ1v) is 6.93. The van der Waals surface area contributed by atoms with Crippen molar-refractivity contribution in [1.82, 2.24) is 0 Å². The molecule has 1 aromatic rings. The van der Waals surface area contributed by atoms with Gasteiger partial charge in [-0.1, -0.05) is 49.6 Å². The third kappa shape index (κ3) is 1.90. The SMILES string of the molecule is c1ccc(C2CCC3(CCCCC3)C2)cc1. The van der Waals surface area contributed by atoms with Gasteiger partial charge in [-0.3, -0.25) is 0 Å². The fraction of sp³-hybridized carbons (Fsp3) is 0.625. The summed E-state index contributed by atoms with van der Waals surface area (Å²) >= 11 is 0. The Bertz CT molecular complexity index is 332. The van der Waals surface area contributed by atoms with Crippen molar-refractivity contribution >= 4 is 0 Å². The molecule has 0 heteroatoms. The normalized spacial score (nSPS) is 28.4. The molecule has 2 aliphatic carbocycles. The van der Waals surface area contributed by atoms with Gasteiger partial charge in [0.2, 0.25) is 0 Å². The predicted molar refractivity (Wildman–Crippen MR) is 68.6 cm³/mol. The van der Waals surface area contributed by atoms with E-state index in [1.54, 1.807) is 5.56 Å². The molecule has 86 valence electrons. The van der Waals surface area contributed by atoms with Gasteiger partial charge in [0, 0.05) is 0 Å². The maximum Gasteiger partial charge on any atom is -0.0156 e. The lowest BCUT2D eigenvalue weighted by Crippen LogP contribution is -2.20. The molecule has 0 aromatic heterocycles. The first-order valence-electron chi connectivity index (χ1n) is 6.93. The molecule has 0 N–H and O–H groups in total. The predicted octanol–water partition coefficient (Wildman–Crippen LogP) is 4.90. The van der Waals surface area contributed by atoms with Gasteiger partial charge >= 0.3 is 0 Å². The fourth-order valence-electron chi connectivity index (χ4n) is 3.97. The summed E-state index contributed by atoms with van der Waals surface area (Å²) in [6, 6.07) is 11.2. The minimum Gasteiger partial charge on any atom is -0.0622 e. The second-order valence-electron chi connectivity index (χ2n) is 5.91. The zero-order valence-electron chi connectivity index (χ0n) is 10.1. The number of hydrogen-bond acceptors (Lipinski definition) is 0. The molecule has 1 spiro atoms. The molecular formula is C16H22. The van der Waals surface area contributed by atoms with E-state index in [0.717, 1.165) is 11.3 Å². The summed E-state index contributed by atoms with van der Waals surface area (Å²) in [5, 5.41) is 0. The van der Waals surface area contributed by atoms with Gasteiger partial charge < -0.3 is 0 Å². The summed E-state index contributed by atoms with van der Waals surface area (Å²) in [7, 11) is 0. The van der Waals surface area contributed by atoms with Gasteiger partial charge in [0.15, 0.2) is 0 Å². The van der Waals surface area contributed by atoms with Crippen molar-refractivity contribution in [3.63, 3.8) is 0 Å². The topological polar surface area (TPSA) is 0 Å². The highest BCUT2D eigenvalue weighted by atomic mass is 14.4. The summed E-state index contributed by atoms with van der Waals surface area (Å²) in [4.78, 5) is 0. The molecule has 0 bridgehead atoms. The Morgan fingerprint density at radius 2 is 1.62 bits per heavy atom. The van der Waals surface area contributed by atoms with E-state index < -0.39 is 0 Å². The van der Waals surface area contributed by atoms with Crippen molar-refractivity contribution in [1.29, 1.82) is 0 Å². The molecule has 16 heavy (non-hydrogen) atoms. The third-order valence-corrected chi connectivity index (χ3v) is 4.89. The molecule has 2 saturated carbocycles. The van der Waals surface area contributed by atoms with Crippen LogP contribution in [0.2, 0.25) is 0 Å². The first kappa shape index (κ1) is 10.4. The van der Waals surface area contributed by atoms with Crippen molar-refractivity contribution in [2.24, 2.45) is 5.41 Å². The Labute approximate surface area is 99.1 Å². The second-order valence-corrected chi connectivity index (χ2v) is 5.91. The molecule has 0 heterocycles. The van der Waals surface area contributed by atoms with Crippen LogP contribution in [-0.2, 0) is 0 Å². The van der Waals surface area contributed by atoms with E-state index >= 15 is 0 Å². The number of benzene rings is 1. The number of hydrogen-bond donors (Lipinski definition) is 0. The molecule has 0 saturated heterocycles. The van der Waals surface area contributed by atoms with Crippen LogP contribution in [0.15, 0.2) is 30.3 Å². The Kier molecular flexibility index (Phi) is 2.75. The van der Waals surface area contributed by atoms with Crippen LogP contribution in [-0.4, -0.2) is 0 Å². The van der Waals surface area contributed by atoms with Crippen LogP contribution in [0.1, 0.15) is 62.8 Å². The van der Waals surface area contributed by atoms with E-state index in [-0.39, 0.29) is 0 Å². The molecule has 2 fully saturated rings. The van der Waals surface area contributed by atoms with Crippen molar-refractivity contribution in [3.8, 4) is 0 Å². The van der Waals surface area contributed by atoms with E-state index in [2.05, 4.69) is 30.3 Å². The highest BCUT2D eigenvalue weighted by Gasteiger charge is 2.39. The molecular weight excluding hydrogens is 192 g/mol. The molecule has 0 amide bonds. The van der Waals surface area contributed by atoms with Crippen LogP contribution in [0.5, 0.6) is 0 Å². The summed E-state index contributed by atoms with van der Waals surface area (Å²) in [5.74, 6) is 0.860. The molecule has 1 aromatic carbocycles. The second kappa shape index (κ2) is 4.24. The quantitative estimate of drug-likeness (QED) is 0.623. The van der Waals surface area contributed by atoms with Crippen molar-refractivity contribution in [3.05, 3.63) is 35.9 Å². The van der Waals surface area contributed by atoms with Gasteiger partial charge in [-0.15, -0.1) is 0 Å². The lowest BCUT2D eigenvalue weighted by molar-refractivity contribution is 0.194. The van der Waals surface area contributed by atoms with Crippen LogP contribution in [0, 0.1) is 5.41 Å². The van der Waals surface area contributed by atoms with Crippen molar-refractivity contribution < 1.29 is 0 Å². The summed E-state index contributed by atoms with van der Waals surface area (Å²) in [6.07, 6.45) is 11.9. The lowest BCUT2D eigenvalue weighted by atomic mass is 9.72. The highest BCUT2D eigenvalue weighted by molar-refractivity contribution is 5.21. The van der Waals surface area contributed by atoms with Crippen molar-refractivity contribution in [2.75, 3.05) is 0 Å². The summed E-state index contributed by atoms with van der Waals surface area (Å²) in [6.45, 7) is 0. The van der Waals surface area contributed by atoms with Crippen molar-refractivity contribution in [2.45, 2.75) is 57.3 Å². The molecule has 0 aliphatic heterocycles. The van der Waals surface area contributed by atoms with Gasteiger partial charge in [-0.25, -0.2) is 0 Å². The van der Waals surface area contributed by atoms with Crippen LogP contribution < -0.4 is 0 Å². The Morgan fingerprint density at radius 3 is 2.38 bits per heavy atom. The van der Waals surface area contributed by atoms with Crippen LogP contribution >= 0.6 is 0 Å². The van der Waals surface area contributed by atoms with Gasteiger partial charge in [0.1, 0.15) is 0 Å². The maximum atomic E-state index is 2.33. The smallest absolute Gasteiger partial charge is 0.0156 e. The molecule has 2 aliphatic rings. The average molecular weight is 214 g/mol. The largest absolute Gasteiger partial charge is 0.0622 e. The Hall–Kier alpha value is -0.780. The standard InChI is InChI=1S/C16H22/c1-3-7-14(8-4-1)15-9-12-16(13-15)10-5-2-6-11-16/h1,3-4,7-8,15H,2,5-6,9-13H2. The van der Waals surface area contributed by atoms with E-state index in [1.165, 1.54) is 51.4 Å². The van der Waals surface area contributed by atoms with E-state index in [9.17, 15) is 0 Å². The van der Waals surface area contributed by atoms with E-state index in [4.69, 9.17) is 0 Å². The van der Waals surface area contributed by atoms with Gasteiger partial charge in [-0.2, -0.15) is 0 Å².